The maximum atomic E-state index is 14.3. The molecule has 0 saturated carbocycles. The number of benzene rings is 1. The van der Waals surface area contributed by atoms with E-state index in [0.29, 0.717) is 22.3 Å². The van der Waals surface area contributed by atoms with Crippen LogP contribution in [0.5, 0.6) is 0 Å². The fraction of sp³-hybridized carbons (Fsp3) is 0.292. The van der Waals surface area contributed by atoms with E-state index in [4.69, 9.17) is 0 Å². The van der Waals surface area contributed by atoms with Crippen LogP contribution in [0.3, 0.4) is 0 Å². The van der Waals surface area contributed by atoms with Crippen molar-refractivity contribution in [3.63, 3.8) is 0 Å². The summed E-state index contributed by atoms with van der Waals surface area (Å²) in [4.78, 5) is 27.9. The van der Waals surface area contributed by atoms with E-state index in [2.05, 4.69) is 32.1 Å². The largest absolute Gasteiger partial charge is 0.383 e. The number of aromatic nitrogens is 2. The minimum Gasteiger partial charge on any atom is -0.383 e. The Morgan fingerprint density at radius 2 is 1.88 bits per heavy atom. The molecule has 4 rings (SSSR count). The third-order valence-electron chi connectivity index (χ3n) is 5.47. The van der Waals surface area contributed by atoms with Gasteiger partial charge in [-0.3, -0.25) is 4.79 Å². The van der Waals surface area contributed by atoms with Crippen molar-refractivity contribution in [2.75, 3.05) is 57.5 Å². The molecule has 2 aromatic heterocycles. The van der Waals surface area contributed by atoms with Crippen LogP contribution in [0, 0.1) is 5.82 Å². The van der Waals surface area contributed by atoms with Crippen LogP contribution in [0.1, 0.15) is 15.9 Å². The molecule has 32 heavy (non-hydrogen) atoms. The van der Waals surface area contributed by atoms with E-state index in [0.717, 1.165) is 37.4 Å². The van der Waals surface area contributed by atoms with Crippen molar-refractivity contribution < 1.29 is 9.18 Å². The highest BCUT2D eigenvalue weighted by Gasteiger charge is 2.17. The monoisotopic (exact) mass is 434 g/mol. The first-order chi connectivity index (χ1) is 15.4. The number of piperazine rings is 1. The predicted octanol–water partition coefficient (Wildman–Crippen LogP) is 3.31. The molecule has 1 aliphatic heterocycles. The normalized spacial score (nSPS) is 14.8. The lowest BCUT2D eigenvalue weighted by Crippen LogP contribution is -2.44. The summed E-state index contributed by atoms with van der Waals surface area (Å²) in [6.45, 7) is 3.68. The van der Waals surface area contributed by atoms with Crippen LogP contribution >= 0.6 is 0 Å². The number of fused-ring (bicyclic) bond motifs is 1. The zero-order valence-electron chi connectivity index (χ0n) is 18.5. The molecule has 1 aromatic carbocycles. The molecule has 3 aromatic rings. The lowest BCUT2D eigenvalue weighted by Gasteiger charge is -2.33. The molecule has 1 aliphatic rings. The summed E-state index contributed by atoms with van der Waals surface area (Å²) >= 11 is 0. The van der Waals surface area contributed by atoms with E-state index < -0.39 is 0 Å². The van der Waals surface area contributed by atoms with Crippen LogP contribution in [0.4, 0.5) is 16.0 Å². The molecule has 1 saturated heterocycles. The van der Waals surface area contributed by atoms with Crippen LogP contribution in [0.2, 0.25) is 0 Å². The Morgan fingerprint density at radius 3 is 2.62 bits per heavy atom. The molecule has 166 valence electrons. The maximum absolute atomic E-state index is 14.3. The quantitative estimate of drug-likeness (QED) is 0.665. The summed E-state index contributed by atoms with van der Waals surface area (Å²) in [5, 5.41) is 4.31. The van der Waals surface area contributed by atoms with E-state index in [1.54, 1.807) is 48.9 Å². The molecule has 0 atom stereocenters. The molecule has 8 heteroatoms. The van der Waals surface area contributed by atoms with Gasteiger partial charge >= 0.3 is 0 Å². The molecular weight excluding hydrogens is 407 g/mol. The molecule has 1 amide bonds. The fourth-order valence-electron chi connectivity index (χ4n) is 3.57. The summed E-state index contributed by atoms with van der Waals surface area (Å²) < 4.78 is 14.3. The first-order valence-electron chi connectivity index (χ1n) is 10.5. The van der Waals surface area contributed by atoms with Crippen LogP contribution in [-0.4, -0.2) is 73.0 Å². The van der Waals surface area contributed by atoms with Gasteiger partial charge in [-0.2, -0.15) is 0 Å². The van der Waals surface area contributed by atoms with Crippen molar-refractivity contribution in [3.05, 3.63) is 65.9 Å². The summed E-state index contributed by atoms with van der Waals surface area (Å²) in [6.07, 6.45) is 6.72. The molecule has 0 radical (unpaired) electrons. The van der Waals surface area contributed by atoms with E-state index in [1.165, 1.54) is 6.07 Å². The summed E-state index contributed by atoms with van der Waals surface area (Å²) in [5.74, 6) is 0.631. The number of carbonyl (C=O) groups excluding carboxylic acids is 1. The molecule has 7 nitrogen and oxygen atoms in total. The highest BCUT2D eigenvalue weighted by atomic mass is 19.1. The standard InChI is InChI=1S/C24H27FN6O/c1-29(2)7-5-17-12-19-14-22(27-16-20(19)13-21(17)25)28-24(32)18-4-6-26-23(15-18)31-10-8-30(3)9-11-31/h4-7,12-16H,8-11H2,1-3H3,(H,27,28,32)/b7-5+. The number of nitrogens with zero attached hydrogens (tertiary/aromatic N) is 5. The van der Waals surface area contributed by atoms with Gasteiger partial charge in [0.05, 0.1) is 0 Å². The van der Waals surface area contributed by atoms with Gasteiger partial charge in [0.15, 0.2) is 0 Å². The summed E-state index contributed by atoms with van der Waals surface area (Å²) in [5.41, 5.74) is 0.991. The smallest absolute Gasteiger partial charge is 0.257 e. The van der Waals surface area contributed by atoms with Gasteiger partial charge in [-0.25, -0.2) is 14.4 Å². The summed E-state index contributed by atoms with van der Waals surface area (Å²) in [7, 11) is 5.85. The van der Waals surface area contributed by atoms with Crippen molar-refractivity contribution >= 4 is 34.4 Å². The van der Waals surface area contributed by atoms with Gasteiger partial charge < -0.3 is 20.0 Å². The highest BCUT2D eigenvalue weighted by Crippen LogP contribution is 2.23. The molecule has 0 aliphatic carbocycles. The van der Waals surface area contributed by atoms with Crippen molar-refractivity contribution in [2.24, 2.45) is 0 Å². The maximum Gasteiger partial charge on any atom is 0.257 e. The SMILES string of the molecule is CN(C)/C=C/c1cc2cc(NC(=O)c3ccnc(N4CCN(C)CC4)c3)ncc2cc1F. The Hall–Kier alpha value is -3.52. The third kappa shape index (κ3) is 5.03. The zero-order valence-corrected chi connectivity index (χ0v) is 18.5. The number of anilines is 2. The lowest BCUT2D eigenvalue weighted by molar-refractivity contribution is 0.102. The second kappa shape index (κ2) is 9.32. The Labute approximate surface area is 187 Å². The number of hydrogen-bond acceptors (Lipinski definition) is 6. The zero-order chi connectivity index (χ0) is 22.7. The van der Waals surface area contributed by atoms with Gasteiger partial charge in [-0.05, 0) is 55.0 Å². The van der Waals surface area contributed by atoms with Crippen molar-refractivity contribution in [2.45, 2.75) is 0 Å². The Morgan fingerprint density at radius 1 is 1.09 bits per heavy atom. The van der Waals surface area contributed by atoms with Gasteiger partial charge in [0, 0.05) is 69.2 Å². The number of hydrogen-bond donors (Lipinski definition) is 1. The topological polar surface area (TPSA) is 64.6 Å². The number of carbonyl (C=O) groups is 1. The lowest BCUT2D eigenvalue weighted by atomic mass is 10.1. The molecule has 3 heterocycles. The first kappa shape index (κ1) is 21.7. The number of pyridine rings is 2. The Kier molecular flexibility index (Phi) is 6.32. The number of amides is 1. The van der Waals surface area contributed by atoms with E-state index >= 15 is 0 Å². The Bertz CT molecular complexity index is 1150. The van der Waals surface area contributed by atoms with Crippen molar-refractivity contribution in [1.82, 2.24) is 19.8 Å². The van der Waals surface area contributed by atoms with Crippen molar-refractivity contribution in [1.29, 1.82) is 0 Å². The van der Waals surface area contributed by atoms with E-state index in [1.807, 2.05) is 19.0 Å². The van der Waals surface area contributed by atoms with Crippen LogP contribution in [-0.2, 0) is 0 Å². The minimum absolute atomic E-state index is 0.260. The van der Waals surface area contributed by atoms with E-state index in [9.17, 15) is 9.18 Å². The van der Waals surface area contributed by atoms with Crippen LogP contribution in [0.15, 0.2) is 48.9 Å². The average molecular weight is 435 g/mol. The second-order valence-electron chi connectivity index (χ2n) is 8.22. The van der Waals surface area contributed by atoms with Crippen LogP contribution < -0.4 is 10.2 Å². The minimum atomic E-state index is -0.317. The number of nitrogens with one attached hydrogen (secondary N) is 1. The first-order valence-corrected chi connectivity index (χ1v) is 10.5. The fourth-order valence-corrected chi connectivity index (χ4v) is 3.57. The Balaban J connectivity index is 1.53. The predicted molar refractivity (Wildman–Crippen MR) is 126 cm³/mol. The second-order valence-corrected chi connectivity index (χ2v) is 8.22. The van der Waals surface area contributed by atoms with Gasteiger partial charge in [0.2, 0.25) is 0 Å². The number of likely N-dealkylation sites (N-methyl/N-ethyl adjacent to an activating group) is 1. The van der Waals surface area contributed by atoms with Crippen molar-refractivity contribution in [3.8, 4) is 0 Å². The van der Waals surface area contributed by atoms with Gasteiger partial charge in [-0.15, -0.1) is 0 Å². The molecule has 0 spiro atoms. The number of rotatable bonds is 5. The van der Waals surface area contributed by atoms with Gasteiger partial charge in [0.25, 0.3) is 5.91 Å². The average Bonchev–Trinajstić information content (AvgIpc) is 2.78. The molecule has 0 unspecified atom stereocenters. The van der Waals surface area contributed by atoms with Crippen LogP contribution in [0.25, 0.3) is 16.8 Å². The molecule has 1 fully saturated rings. The summed E-state index contributed by atoms with van der Waals surface area (Å²) in [6, 6.07) is 8.45. The van der Waals surface area contributed by atoms with E-state index in [-0.39, 0.29) is 11.7 Å². The third-order valence-corrected chi connectivity index (χ3v) is 5.47. The molecule has 1 N–H and O–H groups in total. The highest BCUT2D eigenvalue weighted by molar-refractivity contribution is 6.05. The molecular formula is C24H27FN6O. The molecule has 0 bridgehead atoms. The van der Waals surface area contributed by atoms with Gasteiger partial charge in [-0.1, -0.05) is 0 Å². The van der Waals surface area contributed by atoms with Gasteiger partial charge in [0.1, 0.15) is 17.5 Å². The number of halogens is 1.